The molecule has 1 aliphatic rings. The summed E-state index contributed by atoms with van der Waals surface area (Å²) in [4.78, 5) is 10.2. The molecule has 0 saturated carbocycles. The third kappa shape index (κ3) is 3.11. The lowest BCUT2D eigenvalue weighted by Gasteiger charge is -2.13. The zero-order valence-electron chi connectivity index (χ0n) is 9.97. The summed E-state index contributed by atoms with van der Waals surface area (Å²) in [6, 6.07) is 4.15. The van der Waals surface area contributed by atoms with Crippen LogP contribution in [0.15, 0.2) is 18.2 Å². The molecule has 18 heavy (non-hydrogen) atoms. The van der Waals surface area contributed by atoms with E-state index in [9.17, 15) is 10.1 Å². The molecule has 0 aliphatic carbocycles. The number of hydrogen-bond donors (Lipinski definition) is 0. The van der Waals surface area contributed by atoms with Gasteiger partial charge in [-0.25, -0.2) is 0 Å². The van der Waals surface area contributed by atoms with E-state index in [4.69, 9.17) is 21.1 Å². The number of non-ortho nitro benzene ring substituents is 1. The SMILES string of the molecule is CC1CCC(COc2cc([N+](=O)[O-])ccc2Cl)O1. The lowest BCUT2D eigenvalue weighted by atomic mass is 10.2. The highest BCUT2D eigenvalue weighted by Gasteiger charge is 2.22. The quantitative estimate of drug-likeness (QED) is 0.623. The number of hydrogen-bond acceptors (Lipinski definition) is 4. The lowest BCUT2D eigenvalue weighted by Crippen LogP contribution is -2.18. The molecule has 0 aromatic heterocycles. The van der Waals surface area contributed by atoms with Crippen LogP contribution in [-0.2, 0) is 4.74 Å². The minimum absolute atomic E-state index is 0.0323. The van der Waals surface area contributed by atoms with Gasteiger partial charge in [0.15, 0.2) is 0 Å². The molecule has 5 nitrogen and oxygen atoms in total. The topological polar surface area (TPSA) is 61.6 Å². The van der Waals surface area contributed by atoms with Crippen LogP contribution < -0.4 is 4.74 Å². The van der Waals surface area contributed by atoms with Crippen LogP contribution in [0.5, 0.6) is 5.75 Å². The first-order valence-electron chi connectivity index (χ1n) is 5.78. The number of nitrogens with zero attached hydrogens (tertiary/aromatic N) is 1. The number of halogens is 1. The third-order valence-electron chi connectivity index (χ3n) is 2.87. The van der Waals surface area contributed by atoms with Crippen LogP contribution in [0.1, 0.15) is 19.8 Å². The highest BCUT2D eigenvalue weighted by atomic mass is 35.5. The molecule has 1 saturated heterocycles. The molecule has 6 heteroatoms. The van der Waals surface area contributed by atoms with Gasteiger partial charge in [0.25, 0.3) is 5.69 Å². The van der Waals surface area contributed by atoms with E-state index in [0.29, 0.717) is 17.4 Å². The molecule has 1 heterocycles. The zero-order valence-corrected chi connectivity index (χ0v) is 10.7. The minimum Gasteiger partial charge on any atom is -0.489 e. The largest absolute Gasteiger partial charge is 0.489 e. The van der Waals surface area contributed by atoms with Crippen LogP contribution in [0.2, 0.25) is 5.02 Å². The van der Waals surface area contributed by atoms with E-state index in [1.165, 1.54) is 18.2 Å². The van der Waals surface area contributed by atoms with Gasteiger partial charge in [0.2, 0.25) is 0 Å². The molecule has 2 unspecified atom stereocenters. The third-order valence-corrected chi connectivity index (χ3v) is 3.18. The molecule has 0 N–H and O–H groups in total. The number of ether oxygens (including phenoxy) is 2. The van der Waals surface area contributed by atoms with Gasteiger partial charge in [0, 0.05) is 6.07 Å². The van der Waals surface area contributed by atoms with E-state index < -0.39 is 4.92 Å². The molecule has 1 aromatic carbocycles. The lowest BCUT2D eigenvalue weighted by molar-refractivity contribution is -0.384. The van der Waals surface area contributed by atoms with Gasteiger partial charge < -0.3 is 9.47 Å². The predicted molar refractivity (Wildman–Crippen MR) is 67.2 cm³/mol. The van der Waals surface area contributed by atoms with E-state index in [2.05, 4.69) is 0 Å². The van der Waals surface area contributed by atoms with Crippen molar-refractivity contribution in [3.05, 3.63) is 33.3 Å². The second-order valence-electron chi connectivity index (χ2n) is 4.33. The van der Waals surface area contributed by atoms with Crippen LogP contribution in [0, 0.1) is 10.1 Å². The van der Waals surface area contributed by atoms with Crippen molar-refractivity contribution in [2.24, 2.45) is 0 Å². The summed E-state index contributed by atoms with van der Waals surface area (Å²) in [6.45, 7) is 2.38. The minimum atomic E-state index is -0.475. The number of benzene rings is 1. The zero-order chi connectivity index (χ0) is 13.1. The van der Waals surface area contributed by atoms with E-state index in [-0.39, 0.29) is 17.9 Å². The maximum atomic E-state index is 10.7. The molecule has 1 aliphatic heterocycles. The molecule has 1 aromatic rings. The molecule has 1 fully saturated rings. The van der Waals surface area contributed by atoms with Gasteiger partial charge in [-0.15, -0.1) is 0 Å². The van der Waals surface area contributed by atoms with E-state index in [1.54, 1.807) is 0 Å². The second kappa shape index (κ2) is 5.54. The Hall–Kier alpha value is -1.33. The Morgan fingerprint density at radius 2 is 2.33 bits per heavy atom. The molecule has 2 rings (SSSR count). The molecule has 0 amide bonds. The van der Waals surface area contributed by atoms with Crippen LogP contribution in [0.4, 0.5) is 5.69 Å². The fourth-order valence-electron chi connectivity index (χ4n) is 1.91. The van der Waals surface area contributed by atoms with Crippen LogP contribution >= 0.6 is 11.6 Å². The van der Waals surface area contributed by atoms with E-state index in [1.807, 2.05) is 6.92 Å². The maximum absolute atomic E-state index is 10.7. The van der Waals surface area contributed by atoms with Crippen molar-refractivity contribution < 1.29 is 14.4 Å². The van der Waals surface area contributed by atoms with E-state index >= 15 is 0 Å². The Morgan fingerprint density at radius 1 is 1.56 bits per heavy atom. The molecule has 0 radical (unpaired) electrons. The summed E-state index contributed by atoms with van der Waals surface area (Å²) in [5, 5.41) is 11.0. The number of nitro benzene ring substituents is 1. The Labute approximate surface area is 110 Å². The van der Waals surface area contributed by atoms with Crippen molar-refractivity contribution in [3.8, 4) is 5.75 Å². The summed E-state index contributed by atoms with van der Waals surface area (Å²) in [5.41, 5.74) is -0.0323. The Morgan fingerprint density at radius 3 is 2.94 bits per heavy atom. The first kappa shape index (κ1) is 13.1. The van der Waals surface area contributed by atoms with Crippen molar-refractivity contribution >= 4 is 17.3 Å². The highest BCUT2D eigenvalue weighted by Crippen LogP contribution is 2.29. The monoisotopic (exact) mass is 271 g/mol. The first-order valence-corrected chi connectivity index (χ1v) is 6.16. The molecule has 2 atom stereocenters. The maximum Gasteiger partial charge on any atom is 0.273 e. The molecule has 0 bridgehead atoms. The summed E-state index contributed by atoms with van der Waals surface area (Å²) >= 11 is 5.93. The Bertz CT molecular complexity index is 452. The fourth-order valence-corrected chi connectivity index (χ4v) is 2.08. The number of nitro groups is 1. The number of rotatable bonds is 4. The molecule has 0 spiro atoms. The smallest absolute Gasteiger partial charge is 0.273 e. The van der Waals surface area contributed by atoms with Gasteiger partial charge >= 0.3 is 0 Å². The van der Waals surface area contributed by atoms with Crippen LogP contribution in [0.25, 0.3) is 0 Å². The van der Waals surface area contributed by atoms with Gasteiger partial charge in [-0.3, -0.25) is 10.1 Å². The van der Waals surface area contributed by atoms with Gasteiger partial charge in [-0.2, -0.15) is 0 Å². The summed E-state index contributed by atoms with van der Waals surface area (Å²) in [5.74, 6) is 0.328. The van der Waals surface area contributed by atoms with Gasteiger partial charge in [-0.1, -0.05) is 11.6 Å². The molecular weight excluding hydrogens is 258 g/mol. The normalized spacial score (nSPS) is 23.0. The second-order valence-corrected chi connectivity index (χ2v) is 4.74. The summed E-state index contributed by atoms with van der Waals surface area (Å²) in [6.07, 6.45) is 2.24. The van der Waals surface area contributed by atoms with Crippen molar-refractivity contribution in [1.29, 1.82) is 0 Å². The Balaban J connectivity index is 2.00. The van der Waals surface area contributed by atoms with Crippen LogP contribution in [-0.4, -0.2) is 23.7 Å². The molecule has 98 valence electrons. The van der Waals surface area contributed by atoms with Crippen molar-refractivity contribution in [3.63, 3.8) is 0 Å². The highest BCUT2D eigenvalue weighted by molar-refractivity contribution is 6.32. The van der Waals surface area contributed by atoms with Crippen molar-refractivity contribution in [2.45, 2.75) is 32.0 Å². The fraction of sp³-hybridized carbons (Fsp3) is 0.500. The van der Waals surface area contributed by atoms with Gasteiger partial charge in [0.05, 0.1) is 28.2 Å². The summed E-state index contributed by atoms with van der Waals surface area (Å²) in [7, 11) is 0. The van der Waals surface area contributed by atoms with Crippen LogP contribution in [0.3, 0.4) is 0 Å². The standard InChI is InChI=1S/C12H14ClNO4/c1-8-2-4-10(18-8)7-17-12-6-9(14(15)16)3-5-11(12)13/h3,5-6,8,10H,2,4,7H2,1H3. The average molecular weight is 272 g/mol. The van der Waals surface area contributed by atoms with Gasteiger partial charge in [0.1, 0.15) is 12.4 Å². The van der Waals surface area contributed by atoms with Crippen molar-refractivity contribution in [2.75, 3.05) is 6.61 Å². The van der Waals surface area contributed by atoms with E-state index in [0.717, 1.165) is 12.8 Å². The Kier molecular flexibility index (Phi) is 4.04. The average Bonchev–Trinajstić information content (AvgIpc) is 2.74. The van der Waals surface area contributed by atoms with Gasteiger partial charge in [-0.05, 0) is 25.8 Å². The predicted octanol–water partition coefficient (Wildman–Crippen LogP) is 3.19. The van der Waals surface area contributed by atoms with Crippen molar-refractivity contribution in [1.82, 2.24) is 0 Å². The summed E-state index contributed by atoms with van der Waals surface area (Å²) < 4.78 is 11.1. The first-order chi connectivity index (χ1) is 8.56. The molecular formula is C12H14ClNO4.